The standard InChI is InChI=1S/C20H22ClNO4/c1-4-16(5-2)26-18-11-14(10-17(21)12(18)3)19(23)22-15-8-6-13(7-9-15)20(24)25/h6-11,16H,4-5H2,1-3H3,(H,22,23)(H,24,25). The van der Waals surface area contributed by atoms with Crippen LogP contribution in [-0.4, -0.2) is 23.1 Å². The van der Waals surface area contributed by atoms with Crippen LogP contribution in [0.5, 0.6) is 5.75 Å². The van der Waals surface area contributed by atoms with E-state index in [9.17, 15) is 9.59 Å². The Morgan fingerprint density at radius 1 is 1.12 bits per heavy atom. The third-order valence-electron chi connectivity index (χ3n) is 4.15. The molecule has 0 heterocycles. The van der Waals surface area contributed by atoms with Gasteiger partial charge in [-0.15, -0.1) is 0 Å². The number of ether oxygens (including phenoxy) is 1. The summed E-state index contributed by atoms with van der Waals surface area (Å²) in [5.74, 6) is -0.765. The monoisotopic (exact) mass is 375 g/mol. The number of nitrogens with one attached hydrogen (secondary N) is 1. The van der Waals surface area contributed by atoms with Gasteiger partial charge in [-0.25, -0.2) is 4.79 Å². The predicted molar refractivity (Wildman–Crippen MR) is 103 cm³/mol. The summed E-state index contributed by atoms with van der Waals surface area (Å²) in [5, 5.41) is 12.1. The minimum Gasteiger partial charge on any atom is -0.490 e. The molecule has 26 heavy (non-hydrogen) atoms. The van der Waals surface area contributed by atoms with Crippen molar-refractivity contribution >= 4 is 29.2 Å². The van der Waals surface area contributed by atoms with E-state index >= 15 is 0 Å². The highest BCUT2D eigenvalue weighted by Gasteiger charge is 2.15. The van der Waals surface area contributed by atoms with Gasteiger partial charge >= 0.3 is 5.97 Å². The second-order valence-corrected chi connectivity index (χ2v) is 6.38. The first-order valence-corrected chi connectivity index (χ1v) is 8.85. The highest BCUT2D eigenvalue weighted by molar-refractivity contribution is 6.32. The van der Waals surface area contributed by atoms with Gasteiger partial charge in [-0.3, -0.25) is 4.79 Å². The number of halogens is 1. The Kier molecular flexibility index (Phi) is 6.64. The lowest BCUT2D eigenvalue weighted by Crippen LogP contribution is -2.16. The molecule has 2 aromatic rings. The molecule has 0 bridgehead atoms. The normalized spacial score (nSPS) is 10.7. The lowest BCUT2D eigenvalue weighted by atomic mass is 10.1. The Morgan fingerprint density at radius 2 is 1.73 bits per heavy atom. The minimum atomic E-state index is -1.02. The lowest BCUT2D eigenvalue weighted by Gasteiger charge is -2.19. The zero-order chi connectivity index (χ0) is 19.3. The number of carboxylic acids is 1. The summed E-state index contributed by atoms with van der Waals surface area (Å²) in [6.45, 7) is 5.94. The minimum absolute atomic E-state index is 0.0617. The summed E-state index contributed by atoms with van der Waals surface area (Å²) in [6, 6.07) is 9.22. The number of hydrogen-bond acceptors (Lipinski definition) is 3. The smallest absolute Gasteiger partial charge is 0.335 e. The summed E-state index contributed by atoms with van der Waals surface area (Å²) < 4.78 is 5.98. The van der Waals surface area contributed by atoms with Crippen molar-refractivity contribution in [3.05, 3.63) is 58.1 Å². The van der Waals surface area contributed by atoms with Crippen molar-refractivity contribution in [2.75, 3.05) is 5.32 Å². The van der Waals surface area contributed by atoms with Crippen LogP contribution in [0, 0.1) is 6.92 Å². The maximum absolute atomic E-state index is 12.5. The summed E-state index contributed by atoms with van der Waals surface area (Å²) in [4.78, 5) is 23.4. The van der Waals surface area contributed by atoms with Crippen LogP contribution in [0.25, 0.3) is 0 Å². The number of anilines is 1. The van der Waals surface area contributed by atoms with Crippen LogP contribution in [0.2, 0.25) is 5.02 Å². The molecule has 6 heteroatoms. The molecular weight excluding hydrogens is 354 g/mol. The molecule has 138 valence electrons. The number of aromatic carboxylic acids is 1. The molecule has 0 unspecified atom stereocenters. The highest BCUT2D eigenvalue weighted by Crippen LogP contribution is 2.29. The third kappa shape index (κ3) is 4.76. The Hall–Kier alpha value is -2.53. The molecule has 0 aliphatic rings. The van der Waals surface area contributed by atoms with E-state index in [4.69, 9.17) is 21.4 Å². The molecule has 0 atom stereocenters. The van der Waals surface area contributed by atoms with Gasteiger partial charge in [0.1, 0.15) is 5.75 Å². The van der Waals surface area contributed by atoms with Gasteiger partial charge in [0.15, 0.2) is 0 Å². The van der Waals surface area contributed by atoms with Crippen molar-refractivity contribution in [2.45, 2.75) is 39.7 Å². The molecule has 2 aromatic carbocycles. The molecule has 0 saturated heterocycles. The zero-order valence-electron chi connectivity index (χ0n) is 15.0. The van der Waals surface area contributed by atoms with Gasteiger partial charge in [0.05, 0.1) is 11.7 Å². The first-order chi connectivity index (χ1) is 12.3. The molecule has 0 aliphatic heterocycles. The van der Waals surface area contributed by atoms with Gasteiger partial charge in [0.25, 0.3) is 5.91 Å². The van der Waals surface area contributed by atoms with Crippen LogP contribution in [-0.2, 0) is 0 Å². The summed E-state index contributed by atoms with van der Waals surface area (Å²) in [7, 11) is 0. The second kappa shape index (κ2) is 8.72. The second-order valence-electron chi connectivity index (χ2n) is 5.97. The maximum Gasteiger partial charge on any atom is 0.335 e. The first kappa shape index (κ1) is 19.8. The van der Waals surface area contributed by atoms with Gasteiger partial charge in [-0.1, -0.05) is 25.4 Å². The summed E-state index contributed by atoms with van der Waals surface area (Å²) in [5.41, 5.74) is 1.83. The number of amides is 1. The SMILES string of the molecule is CCC(CC)Oc1cc(C(=O)Nc2ccc(C(=O)O)cc2)cc(Cl)c1C. The van der Waals surface area contributed by atoms with Crippen molar-refractivity contribution < 1.29 is 19.4 Å². The molecule has 5 nitrogen and oxygen atoms in total. The average molecular weight is 376 g/mol. The van der Waals surface area contributed by atoms with E-state index in [1.807, 2.05) is 20.8 Å². The zero-order valence-corrected chi connectivity index (χ0v) is 15.8. The van der Waals surface area contributed by atoms with Crippen molar-refractivity contribution in [1.29, 1.82) is 0 Å². The highest BCUT2D eigenvalue weighted by atomic mass is 35.5. The van der Waals surface area contributed by atoms with E-state index < -0.39 is 5.97 Å². The molecule has 0 aromatic heterocycles. The third-order valence-corrected chi connectivity index (χ3v) is 4.55. The fourth-order valence-electron chi connectivity index (χ4n) is 2.44. The number of hydrogen-bond donors (Lipinski definition) is 2. The van der Waals surface area contributed by atoms with E-state index in [1.54, 1.807) is 24.3 Å². The Balaban J connectivity index is 2.22. The molecule has 0 radical (unpaired) electrons. The first-order valence-electron chi connectivity index (χ1n) is 8.47. The van der Waals surface area contributed by atoms with Crippen LogP contribution in [0.1, 0.15) is 53.0 Å². The number of carboxylic acid groups (broad SMARTS) is 1. The van der Waals surface area contributed by atoms with Crippen LogP contribution in [0.15, 0.2) is 36.4 Å². The Labute approximate surface area is 157 Å². The van der Waals surface area contributed by atoms with Crippen molar-refractivity contribution in [1.82, 2.24) is 0 Å². The fourth-order valence-corrected chi connectivity index (χ4v) is 2.65. The van der Waals surface area contributed by atoms with Gasteiger partial charge in [0.2, 0.25) is 0 Å². The van der Waals surface area contributed by atoms with Crippen molar-refractivity contribution in [2.24, 2.45) is 0 Å². The summed E-state index contributed by atoms with van der Waals surface area (Å²) >= 11 is 6.27. The summed E-state index contributed by atoms with van der Waals surface area (Å²) in [6.07, 6.45) is 1.78. The van der Waals surface area contributed by atoms with Crippen LogP contribution in [0.3, 0.4) is 0 Å². The number of carbonyl (C=O) groups excluding carboxylic acids is 1. The van der Waals surface area contributed by atoms with Gasteiger partial charge in [0, 0.05) is 21.8 Å². The van der Waals surface area contributed by atoms with E-state index in [0.717, 1.165) is 18.4 Å². The number of benzene rings is 2. The van der Waals surface area contributed by atoms with Crippen molar-refractivity contribution in [3.8, 4) is 5.75 Å². The van der Waals surface area contributed by atoms with Crippen LogP contribution < -0.4 is 10.1 Å². The molecule has 2 N–H and O–H groups in total. The molecule has 2 rings (SSSR count). The molecule has 0 aliphatic carbocycles. The van der Waals surface area contributed by atoms with E-state index in [-0.39, 0.29) is 17.6 Å². The van der Waals surface area contributed by atoms with E-state index in [2.05, 4.69) is 5.32 Å². The van der Waals surface area contributed by atoms with E-state index in [0.29, 0.717) is 22.0 Å². The number of rotatable bonds is 7. The lowest BCUT2D eigenvalue weighted by molar-refractivity contribution is 0.0696. The topological polar surface area (TPSA) is 75.6 Å². The predicted octanol–water partition coefficient (Wildman–Crippen LogP) is 5.17. The number of carbonyl (C=O) groups is 2. The van der Waals surface area contributed by atoms with Gasteiger partial charge in [-0.2, -0.15) is 0 Å². The van der Waals surface area contributed by atoms with Gasteiger partial charge in [-0.05, 0) is 56.2 Å². The fraction of sp³-hybridized carbons (Fsp3) is 0.300. The van der Waals surface area contributed by atoms with E-state index in [1.165, 1.54) is 12.1 Å². The average Bonchev–Trinajstić information content (AvgIpc) is 2.63. The van der Waals surface area contributed by atoms with Gasteiger partial charge < -0.3 is 15.2 Å². The molecular formula is C20H22ClNO4. The van der Waals surface area contributed by atoms with Crippen LogP contribution in [0.4, 0.5) is 5.69 Å². The van der Waals surface area contributed by atoms with Crippen LogP contribution >= 0.6 is 11.6 Å². The molecule has 1 amide bonds. The van der Waals surface area contributed by atoms with Crippen molar-refractivity contribution in [3.63, 3.8) is 0 Å². The Bertz CT molecular complexity index is 798. The largest absolute Gasteiger partial charge is 0.490 e. The molecule has 0 saturated carbocycles. The molecule has 0 spiro atoms. The Morgan fingerprint density at radius 3 is 2.27 bits per heavy atom. The molecule has 0 fully saturated rings. The maximum atomic E-state index is 12.5. The quantitative estimate of drug-likeness (QED) is 0.700.